The van der Waals surface area contributed by atoms with Crippen molar-refractivity contribution < 1.29 is 9.90 Å². The Morgan fingerprint density at radius 3 is 2.25 bits per heavy atom. The molecule has 2 rings (SSSR count). The van der Waals surface area contributed by atoms with Crippen LogP contribution in [-0.2, 0) is 10.2 Å². The van der Waals surface area contributed by atoms with Crippen LogP contribution in [0.25, 0.3) is 0 Å². The fraction of sp³-hybridized carbons (Fsp3) is 0.500. The summed E-state index contributed by atoms with van der Waals surface area (Å²) in [6, 6.07) is 10.0. The minimum absolute atomic E-state index is 0.144. The van der Waals surface area contributed by atoms with Crippen LogP contribution in [0.4, 0.5) is 0 Å². The van der Waals surface area contributed by atoms with Gasteiger partial charge in [-0.25, -0.2) is 0 Å². The molecular formula is C14H18O2. The number of aliphatic carboxylic acids is 1. The Kier molecular flexibility index (Phi) is 2.33. The van der Waals surface area contributed by atoms with E-state index in [-0.39, 0.29) is 16.7 Å². The van der Waals surface area contributed by atoms with Crippen molar-refractivity contribution in [2.75, 3.05) is 0 Å². The second kappa shape index (κ2) is 3.34. The predicted octanol–water partition coefficient (Wildman–Crippen LogP) is 3.08. The van der Waals surface area contributed by atoms with Crippen molar-refractivity contribution in [2.24, 2.45) is 11.3 Å². The molecule has 0 amide bonds. The van der Waals surface area contributed by atoms with Crippen LogP contribution in [0.5, 0.6) is 0 Å². The first kappa shape index (κ1) is 11.2. The van der Waals surface area contributed by atoms with Gasteiger partial charge in [-0.3, -0.25) is 4.79 Å². The zero-order valence-corrected chi connectivity index (χ0v) is 10.0. The lowest BCUT2D eigenvalue weighted by Crippen LogP contribution is -2.15. The third-order valence-corrected chi connectivity index (χ3v) is 4.37. The molecule has 2 heteroatoms. The van der Waals surface area contributed by atoms with Gasteiger partial charge in [0.25, 0.3) is 0 Å². The first-order chi connectivity index (χ1) is 7.48. The third kappa shape index (κ3) is 1.16. The van der Waals surface area contributed by atoms with Crippen molar-refractivity contribution in [3.63, 3.8) is 0 Å². The van der Waals surface area contributed by atoms with Gasteiger partial charge in [0.05, 0.1) is 5.92 Å². The highest BCUT2D eigenvalue weighted by Crippen LogP contribution is 2.71. The first-order valence-corrected chi connectivity index (χ1v) is 5.77. The molecule has 1 aromatic carbocycles. The average molecular weight is 218 g/mol. The molecule has 2 unspecified atom stereocenters. The molecule has 16 heavy (non-hydrogen) atoms. The molecule has 0 saturated heterocycles. The van der Waals surface area contributed by atoms with Crippen LogP contribution >= 0.6 is 0 Å². The number of benzene rings is 1. The molecule has 2 atom stereocenters. The Morgan fingerprint density at radius 2 is 1.88 bits per heavy atom. The molecular weight excluding hydrogens is 200 g/mol. The maximum atomic E-state index is 11.3. The van der Waals surface area contributed by atoms with E-state index >= 15 is 0 Å². The van der Waals surface area contributed by atoms with Crippen LogP contribution in [0.2, 0.25) is 0 Å². The number of carboxylic acids is 1. The predicted molar refractivity (Wildman–Crippen MR) is 63.3 cm³/mol. The molecule has 1 fully saturated rings. The van der Waals surface area contributed by atoms with Crippen molar-refractivity contribution in [3.05, 3.63) is 35.9 Å². The molecule has 1 saturated carbocycles. The minimum atomic E-state index is -0.671. The van der Waals surface area contributed by atoms with Crippen molar-refractivity contribution in [3.8, 4) is 0 Å². The minimum Gasteiger partial charge on any atom is -0.481 e. The van der Waals surface area contributed by atoms with Gasteiger partial charge in [0.1, 0.15) is 0 Å². The Bertz CT molecular complexity index is 408. The molecule has 0 heterocycles. The monoisotopic (exact) mass is 218 g/mol. The number of carboxylic acid groups (broad SMARTS) is 1. The lowest BCUT2D eigenvalue weighted by Gasteiger charge is -2.18. The van der Waals surface area contributed by atoms with Crippen molar-refractivity contribution >= 4 is 5.97 Å². The van der Waals surface area contributed by atoms with Gasteiger partial charge in [0, 0.05) is 5.41 Å². The normalized spacial score (nSPS) is 31.1. The van der Waals surface area contributed by atoms with Crippen LogP contribution in [0.3, 0.4) is 0 Å². The molecule has 2 nitrogen and oxygen atoms in total. The Balaban J connectivity index is 2.48. The Morgan fingerprint density at radius 1 is 1.31 bits per heavy atom. The van der Waals surface area contributed by atoms with E-state index in [1.165, 1.54) is 0 Å². The van der Waals surface area contributed by atoms with Crippen molar-refractivity contribution in [1.82, 2.24) is 0 Å². The van der Waals surface area contributed by atoms with Crippen molar-refractivity contribution in [1.29, 1.82) is 0 Å². The molecule has 1 aliphatic carbocycles. The van der Waals surface area contributed by atoms with E-state index in [0.29, 0.717) is 0 Å². The van der Waals surface area contributed by atoms with Gasteiger partial charge >= 0.3 is 5.97 Å². The summed E-state index contributed by atoms with van der Waals surface area (Å²) in [6.07, 6.45) is 0.876. The summed E-state index contributed by atoms with van der Waals surface area (Å²) in [4.78, 5) is 11.3. The summed E-state index contributed by atoms with van der Waals surface area (Å²) < 4.78 is 0. The molecule has 0 bridgehead atoms. The van der Waals surface area contributed by atoms with Crippen LogP contribution in [-0.4, -0.2) is 11.1 Å². The second-order valence-corrected chi connectivity index (χ2v) is 5.18. The number of hydrogen-bond acceptors (Lipinski definition) is 1. The van der Waals surface area contributed by atoms with Gasteiger partial charge < -0.3 is 5.11 Å². The van der Waals surface area contributed by atoms with Gasteiger partial charge in [0.2, 0.25) is 0 Å². The van der Waals surface area contributed by atoms with E-state index in [9.17, 15) is 9.90 Å². The number of carbonyl (C=O) groups is 1. The Labute approximate surface area is 96.3 Å². The summed E-state index contributed by atoms with van der Waals surface area (Å²) in [6.45, 7) is 6.20. The van der Waals surface area contributed by atoms with Crippen LogP contribution in [0.15, 0.2) is 30.3 Å². The van der Waals surface area contributed by atoms with Gasteiger partial charge in [-0.15, -0.1) is 0 Å². The van der Waals surface area contributed by atoms with Crippen LogP contribution < -0.4 is 0 Å². The highest BCUT2D eigenvalue weighted by molar-refractivity contribution is 5.79. The molecule has 1 N–H and O–H groups in total. The van der Waals surface area contributed by atoms with Gasteiger partial charge in [-0.1, -0.05) is 51.1 Å². The Hall–Kier alpha value is -1.31. The average Bonchev–Trinajstić information content (AvgIpc) is 2.77. The van der Waals surface area contributed by atoms with E-state index in [4.69, 9.17) is 0 Å². The fourth-order valence-electron chi connectivity index (χ4n) is 3.51. The summed E-state index contributed by atoms with van der Waals surface area (Å²) >= 11 is 0. The largest absolute Gasteiger partial charge is 0.481 e. The highest BCUT2D eigenvalue weighted by atomic mass is 16.4. The zero-order chi connectivity index (χ0) is 12.0. The fourth-order valence-corrected chi connectivity index (χ4v) is 3.51. The van der Waals surface area contributed by atoms with Crippen LogP contribution in [0, 0.1) is 11.3 Å². The lowest BCUT2D eigenvalue weighted by molar-refractivity contribution is -0.139. The van der Waals surface area contributed by atoms with E-state index in [0.717, 1.165) is 12.0 Å². The third-order valence-electron chi connectivity index (χ3n) is 4.37. The SMILES string of the molecule is CCC1(c2ccccc2)C(C(=O)O)C1(C)C. The summed E-state index contributed by atoms with van der Waals surface area (Å²) in [7, 11) is 0. The van der Waals surface area contributed by atoms with Crippen molar-refractivity contribution in [2.45, 2.75) is 32.6 Å². The van der Waals surface area contributed by atoms with Gasteiger partial charge in [0.15, 0.2) is 0 Å². The topological polar surface area (TPSA) is 37.3 Å². The van der Waals surface area contributed by atoms with E-state index in [1.54, 1.807) is 0 Å². The van der Waals surface area contributed by atoms with Crippen LogP contribution in [0.1, 0.15) is 32.8 Å². The molecule has 0 aromatic heterocycles. The number of hydrogen-bond donors (Lipinski definition) is 1. The highest BCUT2D eigenvalue weighted by Gasteiger charge is 2.73. The summed E-state index contributed by atoms with van der Waals surface area (Å²) in [5.41, 5.74) is 0.838. The molecule has 86 valence electrons. The molecule has 0 spiro atoms. The zero-order valence-electron chi connectivity index (χ0n) is 10.0. The molecule has 1 aromatic rings. The standard InChI is InChI=1S/C14H18O2/c1-4-14(10-8-6-5-7-9-10)11(12(15)16)13(14,2)3/h5-9,11H,4H2,1-3H3,(H,15,16). The smallest absolute Gasteiger partial charge is 0.308 e. The summed E-state index contributed by atoms with van der Waals surface area (Å²) in [5.74, 6) is -0.928. The second-order valence-electron chi connectivity index (χ2n) is 5.18. The molecule has 0 aliphatic heterocycles. The maximum absolute atomic E-state index is 11.3. The van der Waals surface area contributed by atoms with E-state index < -0.39 is 5.97 Å². The summed E-state index contributed by atoms with van der Waals surface area (Å²) in [5, 5.41) is 9.32. The molecule has 1 aliphatic rings. The van der Waals surface area contributed by atoms with Gasteiger partial charge in [-0.2, -0.15) is 0 Å². The maximum Gasteiger partial charge on any atom is 0.308 e. The quantitative estimate of drug-likeness (QED) is 0.846. The molecule has 0 radical (unpaired) electrons. The lowest BCUT2D eigenvalue weighted by atomic mass is 9.85. The first-order valence-electron chi connectivity index (χ1n) is 5.77. The number of rotatable bonds is 3. The van der Waals surface area contributed by atoms with E-state index in [1.807, 2.05) is 30.3 Å². The van der Waals surface area contributed by atoms with Gasteiger partial charge in [-0.05, 0) is 17.4 Å². The van der Waals surface area contributed by atoms with E-state index in [2.05, 4.69) is 20.8 Å².